The summed E-state index contributed by atoms with van der Waals surface area (Å²) in [6, 6.07) is 7.28. The van der Waals surface area contributed by atoms with E-state index in [1.54, 1.807) is 30.5 Å². The molecule has 1 aliphatic rings. The Morgan fingerprint density at radius 1 is 1.25 bits per heavy atom. The first kappa shape index (κ1) is 19.6. The van der Waals surface area contributed by atoms with Crippen LogP contribution < -0.4 is 14.8 Å². The zero-order valence-electron chi connectivity index (χ0n) is 16.1. The van der Waals surface area contributed by atoms with Crippen LogP contribution in [0.3, 0.4) is 0 Å². The third kappa shape index (κ3) is 4.97. The Kier molecular flexibility index (Phi) is 6.41. The predicted molar refractivity (Wildman–Crippen MR) is 102 cm³/mol. The summed E-state index contributed by atoms with van der Waals surface area (Å²) in [5.41, 5.74) is 0.724. The quantitative estimate of drug-likeness (QED) is 0.820. The summed E-state index contributed by atoms with van der Waals surface area (Å²) in [6.45, 7) is 2.59. The average Bonchev–Trinajstić information content (AvgIpc) is 2.72. The summed E-state index contributed by atoms with van der Waals surface area (Å²) in [6.07, 6.45) is 4.95. The van der Waals surface area contributed by atoms with Crippen molar-refractivity contribution in [3.63, 3.8) is 0 Å². The van der Waals surface area contributed by atoms with Crippen LogP contribution in [0.2, 0.25) is 0 Å². The van der Waals surface area contributed by atoms with Crippen molar-refractivity contribution in [2.24, 2.45) is 0 Å². The van der Waals surface area contributed by atoms with Crippen molar-refractivity contribution < 1.29 is 19.1 Å². The smallest absolute Gasteiger partial charge is 0.241 e. The molecule has 148 valence electrons. The molecule has 0 spiro atoms. The fraction of sp³-hybridized carbons (Fsp3) is 0.400. The molecule has 8 nitrogen and oxygen atoms in total. The summed E-state index contributed by atoms with van der Waals surface area (Å²) in [4.78, 5) is 34.0. The van der Waals surface area contributed by atoms with Gasteiger partial charge in [-0.1, -0.05) is 6.07 Å². The van der Waals surface area contributed by atoms with Gasteiger partial charge in [-0.25, -0.2) is 4.98 Å². The van der Waals surface area contributed by atoms with Gasteiger partial charge in [0.1, 0.15) is 17.2 Å². The highest BCUT2D eigenvalue weighted by atomic mass is 16.5. The summed E-state index contributed by atoms with van der Waals surface area (Å²) >= 11 is 0. The molecular weight excluding hydrogens is 360 g/mol. The predicted octanol–water partition coefficient (Wildman–Crippen LogP) is 2.12. The number of nitrogens with one attached hydrogen (secondary N) is 1. The largest absolute Gasteiger partial charge is 0.497 e. The Bertz CT molecular complexity index is 842. The zero-order valence-corrected chi connectivity index (χ0v) is 16.1. The van der Waals surface area contributed by atoms with Gasteiger partial charge >= 0.3 is 0 Å². The first-order chi connectivity index (χ1) is 13.6. The van der Waals surface area contributed by atoms with Crippen LogP contribution in [-0.2, 0) is 9.59 Å². The van der Waals surface area contributed by atoms with Crippen LogP contribution in [0.5, 0.6) is 17.4 Å². The van der Waals surface area contributed by atoms with E-state index in [1.165, 1.54) is 6.92 Å². The Morgan fingerprint density at radius 3 is 2.82 bits per heavy atom. The fourth-order valence-electron chi connectivity index (χ4n) is 3.21. The maximum atomic E-state index is 12.4. The SMILES string of the molecule is COc1cccc(Oc2nccnc2[C@H]2CCCN(C(=O)CNC(C)=O)C2)c1. The number of aromatic nitrogens is 2. The molecule has 1 aromatic heterocycles. The van der Waals surface area contributed by atoms with E-state index < -0.39 is 0 Å². The molecule has 1 saturated heterocycles. The highest BCUT2D eigenvalue weighted by molar-refractivity contribution is 5.83. The van der Waals surface area contributed by atoms with Gasteiger partial charge in [-0.15, -0.1) is 0 Å². The van der Waals surface area contributed by atoms with Crippen molar-refractivity contribution in [2.75, 3.05) is 26.7 Å². The summed E-state index contributed by atoms with van der Waals surface area (Å²) in [5.74, 6) is 1.43. The molecule has 0 aliphatic carbocycles. The van der Waals surface area contributed by atoms with E-state index in [4.69, 9.17) is 9.47 Å². The Labute approximate surface area is 163 Å². The van der Waals surface area contributed by atoms with Crippen molar-refractivity contribution >= 4 is 11.8 Å². The van der Waals surface area contributed by atoms with Gasteiger partial charge in [0.05, 0.1) is 13.7 Å². The maximum absolute atomic E-state index is 12.4. The van der Waals surface area contributed by atoms with Gasteiger partial charge in [-0.05, 0) is 25.0 Å². The summed E-state index contributed by atoms with van der Waals surface area (Å²) < 4.78 is 11.2. The highest BCUT2D eigenvalue weighted by Crippen LogP contribution is 2.33. The number of amides is 2. The lowest BCUT2D eigenvalue weighted by atomic mass is 9.94. The molecule has 3 rings (SSSR count). The van der Waals surface area contributed by atoms with E-state index in [0.717, 1.165) is 18.5 Å². The highest BCUT2D eigenvalue weighted by Gasteiger charge is 2.28. The monoisotopic (exact) mass is 384 g/mol. The van der Waals surface area contributed by atoms with E-state index in [-0.39, 0.29) is 24.3 Å². The molecule has 28 heavy (non-hydrogen) atoms. The van der Waals surface area contributed by atoms with Gasteiger partial charge < -0.3 is 19.7 Å². The van der Waals surface area contributed by atoms with Gasteiger partial charge in [0, 0.05) is 44.4 Å². The van der Waals surface area contributed by atoms with Gasteiger partial charge in [-0.2, -0.15) is 0 Å². The Morgan fingerprint density at radius 2 is 2.04 bits per heavy atom. The molecule has 1 aliphatic heterocycles. The van der Waals surface area contributed by atoms with E-state index in [2.05, 4.69) is 15.3 Å². The Balaban J connectivity index is 1.74. The van der Waals surface area contributed by atoms with Crippen molar-refractivity contribution in [3.05, 3.63) is 42.4 Å². The number of hydrogen-bond acceptors (Lipinski definition) is 6. The standard InChI is InChI=1S/C20H24N4O4/c1-14(25)23-12-18(26)24-10-4-5-15(13-24)19-20(22-9-8-21-19)28-17-7-3-6-16(11-17)27-2/h3,6-9,11,15H,4-5,10,12-13H2,1-2H3,(H,23,25)/t15-/m0/s1. The van der Waals surface area contributed by atoms with Gasteiger partial charge in [0.25, 0.3) is 0 Å². The molecule has 2 aromatic rings. The first-order valence-electron chi connectivity index (χ1n) is 9.22. The van der Waals surface area contributed by atoms with E-state index >= 15 is 0 Å². The van der Waals surface area contributed by atoms with Crippen molar-refractivity contribution in [1.82, 2.24) is 20.2 Å². The molecule has 0 saturated carbocycles. The number of carbonyl (C=O) groups excluding carboxylic acids is 2. The summed E-state index contributed by atoms with van der Waals surface area (Å²) in [5, 5.41) is 2.56. The van der Waals surface area contributed by atoms with Crippen LogP contribution in [0.25, 0.3) is 0 Å². The molecule has 1 fully saturated rings. The number of benzene rings is 1. The van der Waals surface area contributed by atoms with Crippen molar-refractivity contribution in [2.45, 2.75) is 25.7 Å². The van der Waals surface area contributed by atoms with Crippen LogP contribution in [0.1, 0.15) is 31.4 Å². The normalized spacial score (nSPS) is 16.4. The minimum absolute atomic E-state index is 0.00961. The molecule has 1 aromatic carbocycles. The lowest BCUT2D eigenvalue weighted by Crippen LogP contribution is -2.44. The first-order valence-corrected chi connectivity index (χ1v) is 9.22. The molecule has 0 unspecified atom stereocenters. The maximum Gasteiger partial charge on any atom is 0.241 e. The van der Waals surface area contributed by atoms with Gasteiger partial charge in [-0.3, -0.25) is 14.6 Å². The average molecular weight is 384 g/mol. The van der Waals surface area contributed by atoms with Crippen LogP contribution in [0.4, 0.5) is 0 Å². The van der Waals surface area contributed by atoms with E-state index in [1.807, 2.05) is 18.2 Å². The topological polar surface area (TPSA) is 93.7 Å². The van der Waals surface area contributed by atoms with Crippen LogP contribution in [-0.4, -0.2) is 53.4 Å². The lowest BCUT2D eigenvalue weighted by Gasteiger charge is -2.32. The second kappa shape index (κ2) is 9.16. The van der Waals surface area contributed by atoms with E-state index in [9.17, 15) is 9.59 Å². The van der Waals surface area contributed by atoms with E-state index in [0.29, 0.717) is 30.5 Å². The molecule has 1 N–H and O–H groups in total. The van der Waals surface area contributed by atoms with Gasteiger partial charge in [0.15, 0.2) is 0 Å². The second-order valence-electron chi connectivity index (χ2n) is 6.62. The number of nitrogens with zero attached hydrogens (tertiary/aromatic N) is 3. The number of piperidine rings is 1. The molecule has 1 atom stereocenters. The lowest BCUT2D eigenvalue weighted by molar-refractivity contribution is -0.133. The molecule has 2 amide bonds. The van der Waals surface area contributed by atoms with Gasteiger partial charge in [0.2, 0.25) is 17.7 Å². The minimum atomic E-state index is -0.218. The molecule has 8 heteroatoms. The van der Waals surface area contributed by atoms with Crippen LogP contribution >= 0.6 is 0 Å². The fourth-order valence-corrected chi connectivity index (χ4v) is 3.21. The number of hydrogen-bond donors (Lipinski definition) is 1. The minimum Gasteiger partial charge on any atom is -0.497 e. The zero-order chi connectivity index (χ0) is 19.9. The molecule has 2 heterocycles. The van der Waals surface area contributed by atoms with Crippen LogP contribution in [0.15, 0.2) is 36.7 Å². The number of likely N-dealkylation sites (tertiary alicyclic amines) is 1. The van der Waals surface area contributed by atoms with Crippen LogP contribution in [0, 0.1) is 0 Å². The second-order valence-corrected chi connectivity index (χ2v) is 6.62. The van der Waals surface area contributed by atoms with Crippen molar-refractivity contribution in [1.29, 1.82) is 0 Å². The van der Waals surface area contributed by atoms with Crippen molar-refractivity contribution in [3.8, 4) is 17.4 Å². The third-order valence-electron chi connectivity index (χ3n) is 4.60. The molecule has 0 radical (unpaired) electrons. The Hall–Kier alpha value is -3.16. The number of methoxy groups -OCH3 is 1. The number of ether oxygens (including phenoxy) is 2. The number of rotatable bonds is 6. The molecule has 0 bridgehead atoms. The summed E-state index contributed by atoms with van der Waals surface area (Å²) in [7, 11) is 1.60. The molecular formula is C20H24N4O4. The third-order valence-corrected chi connectivity index (χ3v) is 4.60. The number of carbonyl (C=O) groups is 2.